The Kier molecular flexibility index (Phi) is 7.27. The summed E-state index contributed by atoms with van der Waals surface area (Å²) >= 11 is 0. The number of aldehydes is 1. The van der Waals surface area contributed by atoms with Gasteiger partial charge in [-0.1, -0.05) is 18.2 Å². The van der Waals surface area contributed by atoms with Gasteiger partial charge in [0.25, 0.3) is 10.1 Å². The molecule has 3 N–H and O–H groups in total. The Balaban J connectivity index is -0.000000480. The van der Waals surface area contributed by atoms with Crippen molar-refractivity contribution >= 4 is 16.4 Å². The van der Waals surface area contributed by atoms with Crippen molar-refractivity contribution in [3.63, 3.8) is 0 Å². The Morgan fingerprint density at radius 2 is 1.79 bits per heavy atom. The van der Waals surface area contributed by atoms with Crippen LogP contribution in [0.25, 0.3) is 0 Å². The molecule has 0 atom stereocenters. The molecule has 14 heavy (non-hydrogen) atoms. The van der Waals surface area contributed by atoms with E-state index in [4.69, 9.17) is 4.55 Å². The number of rotatable bonds is 2. The predicted molar refractivity (Wildman–Crippen MR) is 46.4 cm³/mol. The Hall–Kier alpha value is -0.240. The van der Waals surface area contributed by atoms with Gasteiger partial charge in [-0.3, -0.25) is 9.35 Å². The van der Waals surface area contributed by atoms with E-state index in [-0.39, 0.29) is 46.9 Å². The second-order valence-corrected chi connectivity index (χ2v) is 3.52. The third-order valence-corrected chi connectivity index (χ3v) is 2.25. The molecule has 0 fully saturated rings. The third kappa shape index (κ3) is 3.87. The van der Waals surface area contributed by atoms with Crippen LogP contribution in [0.4, 0.5) is 0 Å². The van der Waals surface area contributed by atoms with E-state index in [0.29, 0.717) is 6.29 Å². The van der Waals surface area contributed by atoms with Crippen LogP contribution in [0.1, 0.15) is 11.8 Å². The first kappa shape index (κ1) is 16.2. The molecule has 74 valence electrons. The van der Waals surface area contributed by atoms with Crippen molar-refractivity contribution in [3.8, 4) is 0 Å². The smallest absolute Gasteiger partial charge is 1.00 e. The molecule has 0 aliphatic carbocycles. The van der Waals surface area contributed by atoms with Gasteiger partial charge in [0, 0.05) is 5.56 Å². The maximum atomic E-state index is 10.6. The summed E-state index contributed by atoms with van der Waals surface area (Å²) in [6, 6.07) is 5.42. The number of carbonyl (C=O) groups is 1. The van der Waals surface area contributed by atoms with E-state index in [1.165, 1.54) is 24.3 Å². The molecule has 0 aliphatic rings. The fourth-order valence-electron chi connectivity index (χ4n) is 0.813. The number of hydrogen-bond acceptors (Lipinski definition) is 3. The van der Waals surface area contributed by atoms with Crippen molar-refractivity contribution in [2.24, 2.45) is 0 Å². The zero-order valence-corrected chi connectivity index (χ0v) is 10.3. The number of carbonyl (C=O) groups excluding carboxylic acids is 1. The molecule has 0 aromatic heterocycles. The van der Waals surface area contributed by atoms with Crippen molar-refractivity contribution in [1.82, 2.24) is 0 Å². The minimum Gasteiger partial charge on any atom is -1.00 e. The van der Waals surface area contributed by atoms with Gasteiger partial charge in [-0.05, 0) is 6.07 Å². The Morgan fingerprint density at radius 3 is 2.14 bits per heavy atom. The normalized spacial score (nSPS) is 9.50. The maximum absolute atomic E-state index is 10.6. The van der Waals surface area contributed by atoms with Crippen molar-refractivity contribution in [1.29, 1.82) is 0 Å². The van der Waals surface area contributed by atoms with Gasteiger partial charge in [0.05, 0.1) is 0 Å². The minimum absolute atomic E-state index is 0. The summed E-state index contributed by atoms with van der Waals surface area (Å²) in [5, 5.41) is 0. The van der Waals surface area contributed by atoms with Crippen molar-refractivity contribution in [3.05, 3.63) is 29.8 Å². The summed E-state index contributed by atoms with van der Waals surface area (Å²) < 4.78 is 29.8. The van der Waals surface area contributed by atoms with Gasteiger partial charge < -0.3 is 6.90 Å². The van der Waals surface area contributed by atoms with Crippen LogP contribution < -0.4 is 29.6 Å². The Morgan fingerprint density at radius 1 is 1.29 bits per heavy atom. The van der Waals surface area contributed by atoms with Gasteiger partial charge in [-0.15, -0.1) is 0 Å². The van der Waals surface area contributed by atoms with Crippen LogP contribution in [0.2, 0.25) is 0 Å². The summed E-state index contributed by atoms with van der Waals surface area (Å²) in [5.74, 6) is 0. The van der Waals surface area contributed by atoms with Crippen LogP contribution in [0.5, 0.6) is 0 Å². The van der Waals surface area contributed by atoms with Crippen LogP contribution in [0, 0.1) is 0 Å². The molecule has 0 bridgehead atoms. The van der Waals surface area contributed by atoms with Crippen LogP contribution in [-0.2, 0) is 10.1 Å². The molecule has 0 saturated heterocycles. The molecule has 0 unspecified atom stereocenters. The van der Waals surface area contributed by atoms with E-state index in [1.54, 1.807) is 0 Å². The van der Waals surface area contributed by atoms with E-state index in [1.807, 2.05) is 0 Å². The van der Waals surface area contributed by atoms with Gasteiger partial charge in [0.2, 0.25) is 0 Å². The van der Waals surface area contributed by atoms with Crippen LogP contribution in [0.15, 0.2) is 29.2 Å². The topological polar surface area (TPSA) is 103 Å². The van der Waals surface area contributed by atoms with Crippen LogP contribution in [-0.4, -0.2) is 24.7 Å². The SMILES string of the molecule is O.O=Cc1ccccc1S(=O)(=O)O.[H-].[Na+]. The fourth-order valence-corrected chi connectivity index (χ4v) is 1.48. The van der Waals surface area contributed by atoms with Gasteiger partial charge in [0.1, 0.15) is 4.90 Å². The first-order valence-corrected chi connectivity index (χ1v) is 4.51. The van der Waals surface area contributed by atoms with E-state index in [2.05, 4.69) is 0 Å². The second kappa shape index (κ2) is 6.28. The Bertz CT molecular complexity index is 406. The van der Waals surface area contributed by atoms with Crippen molar-refractivity contribution < 1.29 is 54.2 Å². The largest absolute Gasteiger partial charge is 1.00 e. The van der Waals surface area contributed by atoms with Crippen molar-refractivity contribution in [2.75, 3.05) is 0 Å². The van der Waals surface area contributed by atoms with E-state index < -0.39 is 10.1 Å². The van der Waals surface area contributed by atoms with E-state index in [0.717, 1.165) is 0 Å². The number of hydrogen-bond donors (Lipinski definition) is 1. The summed E-state index contributed by atoms with van der Waals surface area (Å²) in [6.07, 6.45) is 0.378. The van der Waals surface area contributed by atoms with Gasteiger partial charge >= 0.3 is 29.6 Å². The van der Waals surface area contributed by atoms with Gasteiger partial charge in [0.15, 0.2) is 6.29 Å². The zero-order valence-electron chi connectivity index (χ0n) is 8.47. The average molecular weight is 228 g/mol. The molecule has 0 amide bonds. The van der Waals surface area contributed by atoms with Gasteiger partial charge in [-0.25, -0.2) is 0 Å². The maximum Gasteiger partial charge on any atom is 1.00 e. The molecular weight excluding hydrogens is 219 g/mol. The quantitative estimate of drug-likeness (QED) is 0.332. The third-order valence-electron chi connectivity index (χ3n) is 1.32. The molecule has 0 heterocycles. The molecule has 0 aliphatic heterocycles. The van der Waals surface area contributed by atoms with Crippen LogP contribution >= 0.6 is 0 Å². The van der Waals surface area contributed by atoms with E-state index in [9.17, 15) is 13.2 Å². The predicted octanol–water partition coefficient (Wildman–Crippen LogP) is -2.96. The van der Waals surface area contributed by atoms with Crippen molar-refractivity contribution in [2.45, 2.75) is 4.90 Å². The summed E-state index contributed by atoms with van der Waals surface area (Å²) in [6.45, 7) is 0. The number of benzene rings is 1. The molecular formula is C7H9NaO5S. The van der Waals surface area contributed by atoms with E-state index >= 15 is 0 Å². The second-order valence-electron chi connectivity index (χ2n) is 2.13. The van der Waals surface area contributed by atoms with Gasteiger partial charge in [-0.2, -0.15) is 8.42 Å². The average Bonchev–Trinajstić information content (AvgIpc) is 2.03. The molecule has 5 nitrogen and oxygen atoms in total. The minimum atomic E-state index is -4.28. The molecule has 0 spiro atoms. The summed E-state index contributed by atoms with van der Waals surface area (Å²) in [7, 11) is -4.28. The Labute approximate surface area is 105 Å². The first-order valence-electron chi connectivity index (χ1n) is 3.07. The standard InChI is InChI=1S/C7H6O4S.Na.H2O.H/c8-5-6-3-1-2-4-7(6)12(9,10)11;;;/h1-5H,(H,9,10,11);;1H2;/q;+1;;-1. The molecule has 0 saturated carbocycles. The molecule has 7 heteroatoms. The monoisotopic (exact) mass is 228 g/mol. The summed E-state index contributed by atoms with van der Waals surface area (Å²) in [5.41, 5.74) is -0.0417. The molecule has 0 radical (unpaired) electrons. The van der Waals surface area contributed by atoms with Crippen LogP contribution in [0.3, 0.4) is 0 Å². The fraction of sp³-hybridized carbons (Fsp3) is 0. The first-order chi connectivity index (χ1) is 5.55. The molecule has 1 aromatic carbocycles. The zero-order chi connectivity index (χ0) is 9.19. The molecule has 1 aromatic rings. The summed E-state index contributed by atoms with van der Waals surface area (Å²) in [4.78, 5) is 9.94. The molecule has 1 rings (SSSR count).